The van der Waals surface area contributed by atoms with E-state index in [1.54, 1.807) is 18.2 Å². The Hall–Kier alpha value is -2.02. The third-order valence-corrected chi connectivity index (χ3v) is 6.97. The summed E-state index contributed by atoms with van der Waals surface area (Å²) in [7, 11) is -3.48. The summed E-state index contributed by atoms with van der Waals surface area (Å²) in [5.41, 5.74) is 0.510. The molecule has 1 heterocycles. The van der Waals surface area contributed by atoms with Gasteiger partial charge in [-0.15, -0.1) is 0 Å². The number of ketones is 1. The predicted molar refractivity (Wildman–Crippen MR) is 108 cm³/mol. The fourth-order valence-electron chi connectivity index (χ4n) is 3.15. The molecule has 0 saturated heterocycles. The van der Waals surface area contributed by atoms with Crippen molar-refractivity contribution in [3.8, 4) is 0 Å². The first-order chi connectivity index (χ1) is 13.4. The Kier molecular flexibility index (Phi) is 6.65. The number of Topliss-reactive ketones (excluding diaryl/α,β-unsaturated/α-hetero) is 1. The quantitative estimate of drug-likeness (QED) is 0.617. The molecule has 2 aromatic carbocycles. The normalized spacial score (nSPS) is 15.3. The second-order valence-corrected chi connectivity index (χ2v) is 9.15. The number of nitrogens with zero attached hydrogens (tertiary/aromatic N) is 1. The average Bonchev–Trinajstić information content (AvgIpc) is 2.69. The van der Waals surface area contributed by atoms with Crippen LogP contribution in [0.25, 0.3) is 0 Å². The third kappa shape index (κ3) is 5.07. The second-order valence-electron chi connectivity index (χ2n) is 6.71. The van der Waals surface area contributed by atoms with Crippen molar-refractivity contribution in [1.29, 1.82) is 0 Å². The molecule has 0 radical (unpaired) electrons. The standard InChI is InChI=1S/C21H21ClFNO3S/c22-17-5-9-19(10-6-17)28(26,27)20-11-14-24(15-12-20)13-1-2-21(25)16-3-7-18(23)8-4-16/h3-11H,1-2,12-15H2. The van der Waals surface area contributed by atoms with Crippen molar-refractivity contribution in [1.82, 2.24) is 4.90 Å². The van der Waals surface area contributed by atoms with E-state index >= 15 is 0 Å². The molecule has 0 N–H and O–H groups in total. The van der Waals surface area contributed by atoms with Crippen LogP contribution >= 0.6 is 11.6 Å². The van der Waals surface area contributed by atoms with Crippen LogP contribution in [0.1, 0.15) is 29.6 Å². The van der Waals surface area contributed by atoms with Crippen LogP contribution in [0.15, 0.2) is 64.4 Å². The average molecular weight is 422 g/mol. The number of hydrogen-bond acceptors (Lipinski definition) is 4. The van der Waals surface area contributed by atoms with Gasteiger partial charge in [-0.05, 0) is 67.9 Å². The molecule has 7 heteroatoms. The van der Waals surface area contributed by atoms with Crippen LogP contribution in [0.3, 0.4) is 0 Å². The van der Waals surface area contributed by atoms with Gasteiger partial charge >= 0.3 is 0 Å². The van der Waals surface area contributed by atoms with Gasteiger partial charge in [0.05, 0.1) is 4.90 Å². The smallest absolute Gasteiger partial charge is 0.202 e. The van der Waals surface area contributed by atoms with Gasteiger partial charge in [0.2, 0.25) is 9.84 Å². The maximum atomic E-state index is 12.9. The zero-order valence-electron chi connectivity index (χ0n) is 15.3. The van der Waals surface area contributed by atoms with E-state index in [1.165, 1.54) is 36.4 Å². The summed E-state index contributed by atoms with van der Waals surface area (Å²) < 4.78 is 38.3. The second kappa shape index (κ2) is 8.99. The maximum absolute atomic E-state index is 12.9. The van der Waals surface area contributed by atoms with Crippen molar-refractivity contribution in [2.24, 2.45) is 0 Å². The molecule has 0 spiro atoms. The molecule has 3 rings (SSSR count). The highest BCUT2D eigenvalue weighted by Gasteiger charge is 2.24. The molecule has 1 aliphatic rings. The first-order valence-corrected chi connectivity index (χ1v) is 10.9. The number of benzene rings is 2. The van der Waals surface area contributed by atoms with Crippen molar-refractivity contribution in [3.63, 3.8) is 0 Å². The summed E-state index contributed by atoms with van der Waals surface area (Å²) >= 11 is 5.83. The minimum Gasteiger partial charge on any atom is -0.299 e. The fourth-order valence-corrected chi connectivity index (χ4v) is 4.73. The monoisotopic (exact) mass is 421 g/mol. The fraction of sp³-hybridized carbons (Fsp3) is 0.286. The number of sulfone groups is 1. The highest BCUT2D eigenvalue weighted by atomic mass is 35.5. The van der Waals surface area contributed by atoms with Gasteiger partial charge in [-0.1, -0.05) is 17.7 Å². The van der Waals surface area contributed by atoms with Crippen LogP contribution in [-0.4, -0.2) is 38.7 Å². The largest absolute Gasteiger partial charge is 0.299 e. The summed E-state index contributed by atoms with van der Waals surface area (Å²) in [6.45, 7) is 1.87. The predicted octanol–water partition coefficient (Wildman–Crippen LogP) is 4.51. The Morgan fingerprint density at radius 3 is 2.36 bits per heavy atom. The van der Waals surface area contributed by atoms with E-state index in [4.69, 9.17) is 11.6 Å². The van der Waals surface area contributed by atoms with E-state index in [2.05, 4.69) is 4.90 Å². The van der Waals surface area contributed by atoms with Crippen LogP contribution in [0.2, 0.25) is 5.02 Å². The number of carbonyl (C=O) groups excluding carboxylic acids is 1. The lowest BCUT2D eigenvalue weighted by molar-refractivity contribution is 0.0975. The van der Waals surface area contributed by atoms with Crippen LogP contribution in [0, 0.1) is 5.82 Å². The Bertz CT molecular complexity index is 970. The molecule has 0 unspecified atom stereocenters. The lowest BCUT2D eigenvalue weighted by atomic mass is 10.1. The highest BCUT2D eigenvalue weighted by Crippen LogP contribution is 2.25. The first-order valence-electron chi connectivity index (χ1n) is 9.07. The van der Waals surface area contributed by atoms with Crippen molar-refractivity contribution < 1.29 is 17.6 Å². The van der Waals surface area contributed by atoms with Gasteiger partial charge in [0.25, 0.3) is 0 Å². The van der Waals surface area contributed by atoms with Gasteiger partial charge < -0.3 is 0 Å². The number of carbonyl (C=O) groups is 1. The molecule has 0 aliphatic carbocycles. The summed E-state index contributed by atoms with van der Waals surface area (Å²) in [6, 6.07) is 11.7. The molecular weight excluding hydrogens is 401 g/mol. The first kappa shape index (κ1) is 20.7. The van der Waals surface area contributed by atoms with E-state index in [0.717, 1.165) is 0 Å². The van der Waals surface area contributed by atoms with Gasteiger partial charge in [0, 0.05) is 35.0 Å². The minimum absolute atomic E-state index is 0.0152. The summed E-state index contributed by atoms with van der Waals surface area (Å²) in [6.07, 6.45) is 3.23. The van der Waals surface area contributed by atoms with E-state index in [9.17, 15) is 17.6 Å². The number of rotatable bonds is 7. The molecule has 28 heavy (non-hydrogen) atoms. The SMILES string of the molecule is O=C(CCCN1CC=C(S(=O)(=O)c2ccc(Cl)cc2)CC1)c1ccc(F)cc1. The minimum atomic E-state index is -3.48. The van der Waals surface area contributed by atoms with E-state index in [-0.39, 0.29) is 16.5 Å². The lowest BCUT2D eigenvalue weighted by Gasteiger charge is -2.26. The summed E-state index contributed by atoms with van der Waals surface area (Å²) in [5.74, 6) is -0.375. The Labute approximate surface area is 169 Å². The van der Waals surface area contributed by atoms with Gasteiger partial charge in [0.15, 0.2) is 5.78 Å². The van der Waals surface area contributed by atoms with E-state index in [1.807, 2.05) is 0 Å². The molecule has 148 valence electrons. The zero-order chi connectivity index (χ0) is 20.1. The van der Waals surface area contributed by atoms with E-state index < -0.39 is 9.84 Å². The topological polar surface area (TPSA) is 54.5 Å². The van der Waals surface area contributed by atoms with E-state index in [0.29, 0.717) is 54.4 Å². The summed E-state index contributed by atoms with van der Waals surface area (Å²) in [5, 5.41) is 0.498. The number of halogens is 2. The van der Waals surface area contributed by atoms with Crippen LogP contribution in [0.5, 0.6) is 0 Å². The van der Waals surface area contributed by atoms with Crippen LogP contribution in [-0.2, 0) is 9.84 Å². The molecule has 0 atom stereocenters. The molecular formula is C21H21ClFNO3S. The molecule has 0 aromatic heterocycles. The van der Waals surface area contributed by atoms with Gasteiger partial charge in [-0.3, -0.25) is 9.69 Å². The molecule has 4 nitrogen and oxygen atoms in total. The molecule has 0 amide bonds. The zero-order valence-corrected chi connectivity index (χ0v) is 16.8. The maximum Gasteiger partial charge on any atom is 0.202 e. The Balaban J connectivity index is 1.51. The molecule has 0 fully saturated rings. The van der Waals surface area contributed by atoms with Gasteiger partial charge in [-0.25, -0.2) is 12.8 Å². The Morgan fingerprint density at radius 1 is 1.07 bits per heavy atom. The molecule has 0 bridgehead atoms. The van der Waals surface area contributed by atoms with Gasteiger partial charge in [-0.2, -0.15) is 0 Å². The third-order valence-electron chi connectivity index (χ3n) is 4.77. The van der Waals surface area contributed by atoms with Crippen molar-refractivity contribution in [2.45, 2.75) is 24.2 Å². The number of hydrogen-bond donors (Lipinski definition) is 0. The van der Waals surface area contributed by atoms with Gasteiger partial charge in [0.1, 0.15) is 5.82 Å². The molecule has 2 aromatic rings. The van der Waals surface area contributed by atoms with Crippen molar-refractivity contribution >= 4 is 27.2 Å². The molecule has 1 aliphatic heterocycles. The summed E-state index contributed by atoms with van der Waals surface area (Å²) in [4.78, 5) is 14.9. The van der Waals surface area contributed by atoms with Crippen molar-refractivity contribution in [2.75, 3.05) is 19.6 Å². The van der Waals surface area contributed by atoms with Crippen LogP contribution < -0.4 is 0 Å². The van der Waals surface area contributed by atoms with Crippen LogP contribution in [0.4, 0.5) is 4.39 Å². The highest BCUT2D eigenvalue weighted by molar-refractivity contribution is 7.95. The Morgan fingerprint density at radius 2 is 1.75 bits per heavy atom. The molecule has 0 saturated carbocycles. The lowest BCUT2D eigenvalue weighted by Crippen LogP contribution is -2.31. The van der Waals surface area contributed by atoms with Crippen molar-refractivity contribution in [3.05, 3.63) is 75.9 Å².